The van der Waals surface area contributed by atoms with Crippen molar-refractivity contribution in [3.63, 3.8) is 0 Å². The van der Waals surface area contributed by atoms with Crippen molar-refractivity contribution in [1.82, 2.24) is 4.98 Å². The van der Waals surface area contributed by atoms with Gasteiger partial charge in [0.05, 0.1) is 17.6 Å². The van der Waals surface area contributed by atoms with Gasteiger partial charge in [-0.3, -0.25) is 10.1 Å². The Hall–Kier alpha value is -2.19. The summed E-state index contributed by atoms with van der Waals surface area (Å²) in [6.45, 7) is 0. The average molecular weight is 250 g/mol. The van der Waals surface area contributed by atoms with Gasteiger partial charge in [0.2, 0.25) is 11.6 Å². The third-order valence-corrected chi connectivity index (χ3v) is 1.79. The van der Waals surface area contributed by atoms with Gasteiger partial charge in [-0.15, -0.1) is 0 Å². The highest BCUT2D eigenvalue weighted by Gasteiger charge is 2.28. The summed E-state index contributed by atoms with van der Waals surface area (Å²) < 4.78 is 41.7. The van der Waals surface area contributed by atoms with Gasteiger partial charge in [-0.2, -0.15) is 4.39 Å². The molecule has 6 nitrogen and oxygen atoms in total. The van der Waals surface area contributed by atoms with Gasteiger partial charge in [0.25, 0.3) is 6.43 Å². The number of nitrogens with zero attached hydrogens (tertiary/aromatic N) is 2. The van der Waals surface area contributed by atoms with Crippen LogP contribution in [-0.4, -0.2) is 23.0 Å². The molecule has 0 N–H and O–H groups in total. The zero-order valence-electron chi connectivity index (χ0n) is 8.32. The van der Waals surface area contributed by atoms with E-state index in [0.717, 1.165) is 7.11 Å². The smallest absolute Gasteiger partial charge is 0.364 e. The second kappa shape index (κ2) is 4.76. The van der Waals surface area contributed by atoms with Crippen molar-refractivity contribution in [2.24, 2.45) is 0 Å². The van der Waals surface area contributed by atoms with E-state index in [9.17, 15) is 28.1 Å². The number of ether oxygens (including phenoxy) is 1. The van der Waals surface area contributed by atoms with Crippen LogP contribution in [0.5, 0.6) is 0 Å². The van der Waals surface area contributed by atoms with Crippen LogP contribution < -0.4 is 0 Å². The number of esters is 1. The number of halogens is 3. The minimum atomic E-state index is -3.27. The maximum atomic E-state index is 13.0. The third kappa shape index (κ3) is 2.49. The molecule has 0 aliphatic carbocycles. The number of methoxy groups -OCH3 is 1. The summed E-state index contributed by atoms with van der Waals surface area (Å²) in [5, 5.41) is 10.5. The summed E-state index contributed by atoms with van der Waals surface area (Å²) in [5.41, 5.74) is -3.24. The molecule has 1 heterocycles. The van der Waals surface area contributed by atoms with Gasteiger partial charge in [0.1, 0.15) is 0 Å². The Balaban J connectivity index is 3.46. The lowest BCUT2D eigenvalue weighted by atomic mass is 10.2. The normalized spacial score (nSPS) is 10.4. The number of nitro groups is 1. The summed E-state index contributed by atoms with van der Waals surface area (Å²) in [5.74, 6) is -2.93. The molecular formula is C8H5F3N2O4. The fraction of sp³-hybridized carbons (Fsp3) is 0.250. The number of carbonyl (C=O) groups excluding carboxylic acids is 1. The van der Waals surface area contributed by atoms with Crippen LogP contribution in [0.4, 0.5) is 18.9 Å². The summed E-state index contributed by atoms with van der Waals surface area (Å²) in [6.07, 6.45) is -3.27. The van der Waals surface area contributed by atoms with E-state index >= 15 is 0 Å². The van der Waals surface area contributed by atoms with Crippen LogP contribution in [0.2, 0.25) is 0 Å². The number of carbonyl (C=O) groups is 1. The highest BCUT2D eigenvalue weighted by molar-refractivity contribution is 5.91. The molecule has 17 heavy (non-hydrogen) atoms. The van der Waals surface area contributed by atoms with Crippen LogP contribution in [0.15, 0.2) is 6.07 Å². The van der Waals surface area contributed by atoms with Gasteiger partial charge < -0.3 is 4.74 Å². The van der Waals surface area contributed by atoms with Crippen LogP contribution in [-0.2, 0) is 4.74 Å². The van der Waals surface area contributed by atoms with Crippen molar-refractivity contribution >= 4 is 11.7 Å². The zero-order chi connectivity index (χ0) is 13.2. The molecule has 0 saturated carbocycles. The number of alkyl halides is 2. The third-order valence-electron chi connectivity index (χ3n) is 1.79. The topological polar surface area (TPSA) is 82.3 Å². The molecule has 0 radical (unpaired) electrons. The van der Waals surface area contributed by atoms with Crippen molar-refractivity contribution in [3.8, 4) is 0 Å². The van der Waals surface area contributed by atoms with E-state index in [-0.39, 0.29) is 6.07 Å². The molecule has 0 bridgehead atoms. The molecule has 0 amide bonds. The van der Waals surface area contributed by atoms with E-state index in [2.05, 4.69) is 9.72 Å². The predicted octanol–water partition coefficient (Wildman–Crippen LogP) is 1.85. The summed E-state index contributed by atoms with van der Waals surface area (Å²) >= 11 is 0. The Kier molecular flexibility index (Phi) is 3.61. The Morgan fingerprint density at radius 2 is 2.18 bits per heavy atom. The molecule has 9 heteroatoms. The number of hydrogen-bond donors (Lipinski definition) is 0. The van der Waals surface area contributed by atoms with Gasteiger partial charge in [0, 0.05) is 6.07 Å². The first kappa shape index (κ1) is 12.9. The Bertz CT molecular complexity index is 478. The first-order chi connectivity index (χ1) is 7.88. The summed E-state index contributed by atoms with van der Waals surface area (Å²) in [4.78, 5) is 23.3. The largest absolute Gasteiger partial charge is 0.464 e. The van der Waals surface area contributed by atoms with Crippen molar-refractivity contribution in [1.29, 1.82) is 0 Å². The molecular weight excluding hydrogens is 245 g/mol. The Morgan fingerprint density at radius 3 is 2.59 bits per heavy atom. The lowest BCUT2D eigenvalue weighted by Gasteiger charge is -2.04. The highest BCUT2D eigenvalue weighted by Crippen LogP contribution is 2.27. The predicted molar refractivity (Wildman–Crippen MR) is 47.1 cm³/mol. The van der Waals surface area contributed by atoms with E-state index in [1.807, 2.05) is 0 Å². The fourth-order valence-corrected chi connectivity index (χ4v) is 1.03. The molecule has 0 aliphatic rings. The van der Waals surface area contributed by atoms with Gasteiger partial charge in [-0.05, 0) is 0 Å². The fourth-order valence-electron chi connectivity index (χ4n) is 1.03. The standard InChI is InChI=1S/C8H5F3N2O4/c1-17-8(14)5-4(13(15)16)2-3(6(9)10)7(11)12-5/h2,6H,1H3. The number of hydrogen-bond acceptors (Lipinski definition) is 5. The summed E-state index contributed by atoms with van der Waals surface area (Å²) in [7, 11) is 0.896. The van der Waals surface area contributed by atoms with Crippen LogP contribution >= 0.6 is 0 Å². The molecule has 1 aromatic heterocycles. The average Bonchev–Trinajstić information content (AvgIpc) is 2.26. The molecule has 0 saturated heterocycles. The minimum Gasteiger partial charge on any atom is -0.464 e. The molecule has 0 fully saturated rings. The number of rotatable bonds is 3. The maximum absolute atomic E-state index is 13.0. The Labute approximate surface area is 92.2 Å². The van der Waals surface area contributed by atoms with Crippen molar-refractivity contribution < 1.29 is 27.6 Å². The zero-order valence-corrected chi connectivity index (χ0v) is 8.32. The van der Waals surface area contributed by atoms with E-state index in [4.69, 9.17) is 0 Å². The highest BCUT2D eigenvalue weighted by atomic mass is 19.3. The first-order valence-corrected chi connectivity index (χ1v) is 4.09. The van der Waals surface area contributed by atoms with Crippen molar-refractivity contribution in [3.05, 3.63) is 33.4 Å². The number of aromatic nitrogens is 1. The molecule has 0 spiro atoms. The molecule has 0 aliphatic heterocycles. The summed E-state index contributed by atoms with van der Waals surface area (Å²) in [6, 6.07) is 0.263. The van der Waals surface area contributed by atoms with Crippen LogP contribution in [0.1, 0.15) is 22.5 Å². The van der Waals surface area contributed by atoms with Crippen LogP contribution in [0.25, 0.3) is 0 Å². The second-order valence-electron chi connectivity index (χ2n) is 2.79. The monoisotopic (exact) mass is 250 g/mol. The van der Waals surface area contributed by atoms with Gasteiger partial charge >= 0.3 is 11.7 Å². The SMILES string of the molecule is COC(=O)c1nc(F)c(C(F)F)cc1[N+](=O)[O-]. The maximum Gasteiger partial charge on any atom is 0.364 e. The van der Waals surface area contributed by atoms with E-state index in [1.165, 1.54) is 0 Å². The molecule has 92 valence electrons. The molecule has 1 aromatic rings. The first-order valence-electron chi connectivity index (χ1n) is 4.09. The van der Waals surface area contributed by atoms with Crippen LogP contribution in [0, 0.1) is 16.1 Å². The van der Waals surface area contributed by atoms with Crippen LogP contribution in [0.3, 0.4) is 0 Å². The molecule has 0 unspecified atom stereocenters. The molecule has 1 rings (SSSR count). The van der Waals surface area contributed by atoms with Gasteiger partial charge in [-0.25, -0.2) is 18.6 Å². The van der Waals surface area contributed by atoms with Gasteiger partial charge in [-0.1, -0.05) is 0 Å². The second-order valence-corrected chi connectivity index (χ2v) is 2.79. The molecule has 0 aromatic carbocycles. The quantitative estimate of drug-likeness (QED) is 0.354. The Morgan fingerprint density at radius 1 is 1.59 bits per heavy atom. The van der Waals surface area contributed by atoms with Gasteiger partial charge in [0.15, 0.2) is 0 Å². The minimum absolute atomic E-state index is 0.263. The van der Waals surface area contributed by atoms with E-state index in [1.54, 1.807) is 0 Å². The lowest BCUT2D eigenvalue weighted by Crippen LogP contribution is -2.11. The lowest BCUT2D eigenvalue weighted by molar-refractivity contribution is -0.385. The van der Waals surface area contributed by atoms with E-state index in [0.29, 0.717) is 0 Å². The number of pyridine rings is 1. The molecule has 0 atom stereocenters. The van der Waals surface area contributed by atoms with Crippen molar-refractivity contribution in [2.75, 3.05) is 7.11 Å². The van der Waals surface area contributed by atoms with Crippen molar-refractivity contribution in [2.45, 2.75) is 6.43 Å². The van der Waals surface area contributed by atoms with E-state index < -0.39 is 40.2 Å².